The van der Waals surface area contributed by atoms with Crippen LogP contribution in [-0.4, -0.2) is 53.2 Å². The van der Waals surface area contributed by atoms with Gasteiger partial charge >= 0.3 is 12.1 Å². The van der Waals surface area contributed by atoms with E-state index < -0.39 is 24.1 Å². The van der Waals surface area contributed by atoms with Gasteiger partial charge in [0.1, 0.15) is 18.7 Å². The maximum Gasteiger partial charge on any atom is 0.407 e. The molecule has 0 radical (unpaired) electrons. The minimum absolute atomic E-state index is 0.0663. The van der Waals surface area contributed by atoms with Crippen LogP contribution in [0.3, 0.4) is 0 Å². The zero-order valence-electron chi connectivity index (χ0n) is 18.1. The quantitative estimate of drug-likeness (QED) is 0.689. The molecule has 1 aliphatic carbocycles. The van der Waals surface area contributed by atoms with Crippen molar-refractivity contribution in [2.45, 2.75) is 50.6 Å². The van der Waals surface area contributed by atoms with E-state index in [4.69, 9.17) is 4.74 Å². The Labute approximate surface area is 187 Å². The number of fused-ring (bicyclic) bond motifs is 3. The SMILES string of the molecule is CCCC(NC(=O)OCC1c2ccccc2-c2ccccc21)C(=O)N1CCCC1C(=O)O. The third-order valence-corrected chi connectivity index (χ3v) is 6.33. The number of nitrogens with zero attached hydrogens (tertiary/aromatic N) is 1. The van der Waals surface area contributed by atoms with Gasteiger partial charge in [0, 0.05) is 12.5 Å². The highest BCUT2D eigenvalue weighted by molar-refractivity contribution is 5.89. The first-order valence-electron chi connectivity index (χ1n) is 11.2. The molecule has 0 aromatic heterocycles. The van der Waals surface area contributed by atoms with Crippen LogP contribution in [0.4, 0.5) is 4.79 Å². The fraction of sp³-hybridized carbons (Fsp3) is 0.400. The second kappa shape index (κ2) is 9.42. The molecule has 2 N–H and O–H groups in total. The first-order chi connectivity index (χ1) is 15.5. The molecule has 1 aliphatic heterocycles. The van der Waals surface area contributed by atoms with E-state index in [2.05, 4.69) is 17.4 Å². The van der Waals surface area contributed by atoms with Crippen molar-refractivity contribution in [2.75, 3.05) is 13.2 Å². The largest absolute Gasteiger partial charge is 0.480 e. The van der Waals surface area contributed by atoms with Crippen LogP contribution in [0.25, 0.3) is 11.1 Å². The summed E-state index contributed by atoms with van der Waals surface area (Å²) in [6.45, 7) is 2.47. The molecule has 2 atom stereocenters. The Morgan fingerprint density at radius 2 is 1.72 bits per heavy atom. The molecule has 32 heavy (non-hydrogen) atoms. The molecular formula is C25H28N2O5. The van der Waals surface area contributed by atoms with E-state index >= 15 is 0 Å². The number of carbonyl (C=O) groups is 3. The number of likely N-dealkylation sites (tertiary alicyclic amines) is 1. The van der Waals surface area contributed by atoms with Gasteiger partial charge in [-0.05, 0) is 41.5 Å². The van der Waals surface area contributed by atoms with Crippen molar-refractivity contribution >= 4 is 18.0 Å². The molecule has 4 rings (SSSR count). The standard InChI is InChI=1S/C25H28N2O5/c1-2-8-21(23(28)27-14-7-13-22(27)24(29)30)26-25(31)32-15-20-18-11-5-3-9-16(18)17-10-4-6-12-19(17)20/h3-6,9-12,20-22H,2,7-8,13-15H2,1H3,(H,26,31)(H,29,30). The van der Waals surface area contributed by atoms with Gasteiger partial charge in [0.2, 0.25) is 5.91 Å². The van der Waals surface area contributed by atoms with Gasteiger partial charge in [-0.1, -0.05) is 61.9 Å². The molecule has 1 fully saturated rings. The number of carboxylic acid groups (broad SMARTS) is 1. The topological polar surface area (TPSA) is 95.9 Å². The van der Waals surface area contributed by atoms with E-state index in [0.717, 1.165) is 22.3 Å². The Morgan fingerprint density at radius 1 is 1.09 bits per heavy atom. The zero-order valence-corrected chi connectivity index (χ0v) is 18.1. The van der Waals surface area contributed by atoms with E-state index in [0.29, 0.717) is 32.2 Å². The monoisotopic (exact) mass is 436 g/mol. The lowest BCUT2D eigenvalue weighted by atomic mass is 9.98. The maximum atomic E-state index is 13.0. The summed E-state index contributed by atoms with van der Waals surface area (Å²) in [6.07, 6.45) is 1.51. The highest BCUT2D eigenvalue weighted by Gasteiger charge is 2.37. The fourth-order valence-electron chi connectivity index (χ4n) is 4.82. The van der Waals surface area contributed by atoms with Crippen LogP contribution in [0.5, 0.6) is 0 Å². The van der Waals surface area contributed by atoms with Gasteiger partial charge in [-0.2, -0.15) is 0 Å². The summed E-state index contributed by atoms with van der Waals surface area (Å²) in [5, 5.41) is 12.1. The summed E-state index contributed by atoms with van der Waals surface area (Å²) < 4.78 is 5.57. The van der Waals surface area contributed by atoms with Crippen molar-refractivity contribution < 1.29 is 24.2 Å². The zero-order chi connectivity index (χ0) is 22.7. The van der Waals surface area contributed by atoms with Gasteiger partial charge in [-0.3, -0.25) is 4.79 Å². The Kier molecular flexibility index (Phi) is 6.44. The highest BCUT2D eigenvalue weighted by Crippen LogP contribution is 2.44. The number of ether oxygens (including phenoxy) is 1. The first kappa shape index (κ1) is 21.9. The minimum Gasteiger partial charge on any atom is -0.480 e. The lowest BCUT2D eigenvalue weighted by Crippen LogP contribution is -2.51. The van der Waals surface area contributed by atoms with Crippen molar-refractivity contribution in [3.05, 3.63) is 59.7 Å². The smallest absolute Gasteiger partial charge is 0.407 e. The molecule has 0 bridgehead atoms. The Bertz CT molecular complexity index is 975. The van der Waals surface area contributed by atoms with Gasteiger partial charge < -0.3 is 20.1 Å². The molecule has 2 unspecified atom stereocenters. The summed E-state index contributed by atoms with van der Waals surface area (Å²) in [4.78, 5) is 38.4. The third kappa shape index (κ3) is 4.20. The minimum atomic E-state index is -1.01. The van der Waals surface area contributed by atoms with Crippen molar-refractivity contribution in [3.8, 4) is 11.1 Å². The molecule has 2 amide bonds. The third-order valence-electron chi connectivity index (χ3n) is 6.33. The lowest BCUT2D eigenvalue weighted by molar-refractivity contribution is -0.149. The summed E-state index contributed by atoms with van der Waals surface area (Å²) in [5.41, 5.74) is 4.52. The number of amides is 2. The van der Waals surface area contributed by atoms with E-state index in [1.807, 2.05) is 43.3 Å². The van der Waals surface area contributed by atoms with Gasteiger partial charge in [-0.15, -0.1) is 0 Å². The number of rotatable bonds is 7. The van der Waals surface area contributed by atoms with Crippen molar-refractivity contribution in [3.63, 3.8) is 0 Å². The van der Waals surface area contributed by atoms with Crippen LogP contribution in [-0.2, 0) is 14.3 Å². The number of hydrogen-bond donors (Lipinski definition) is 2. The number of hydrogen-bond acceptors (Lipinski definition) is 4. The normalized spacial score (nSPS) is 18.0. The van der Waals surface area contributed by atoms with Crippen LogP contribution in [0.1, 0.15) is 49.7 Å². The number of nitrogens with one attached hydrogen (secondary N) is 1. The first-order valence-corrected chi connectivity index (χ1v) is 11.2. The van der Waals surface area contributed by atoms with Crippen LogP contribution in [0, 0.1) is 0 Å². The highest BCUT2D eigenvalue weighted by atomic mass is 16.5. The predicted molar refractivity (Wildman–Crippen MR) is 119 cm³/mol. The molecule has 7 heteroatoms. The van der Waals surface area contributed by atoms with E-state index in [1.54, 1.807) is 0 Å². The molecule has 7 nitrogen and oxygen atoms in total. The predicted octanol–water partition coefficient (Wildman–Crippen LogP) is 3.77. The number of alkyl carbamates (subject to hydrolysis) is 1. The van der Waals surface area contributed by atoms with Gasteiger partial charge in [0.05, 0.1) is 0 Å². The second-order valence-corrected chi connectivity index (χ2v) is 8.34. The summed E-state index contributed by atoms with van der Waals surface area (Å²) >= 11 is 0. The summed E-state index contributed by atoms with van der Waals surface area (Å²) in [5.74, 6) is -1.43. The number of aliphatic carboxylic acids is 1. The summed E-state index contributed by atoms with van der Waals surface area (Å²) in [7, 11) is 0. The molecule has 2 aliphatic rings. The van der Waals surface area contributed by atoms with Crippen molar-refractivity contribution in [1.29, 1.82) is 0 Å². The average Bonchev–Trinajstić information content (AvgIpc) is 3.40. The van der Waals surface area contributed by atoms with E-state index in [1.165, 1.54) is 4.90 Å². The fourth-order valence-corrected chi connectivity index (χ4v) is 4.82. The number of carbonyl (C=O) groups excluding carboxylic acids is 2. The van der Waals surface area contributed by atoms with E-state index in [9.17, 15) is 19.5 Å². The molecule has 1 heterocycles. The average molecular weight is 437 g/mol. The van der Waals surface area contributed by atoms with E-state index in [-0.39, 0.29) is 18.4 Å². The van der Waals surface area contributed by atoms with Gasteiger partial charge in [-0.25, -0.2) is 9.59 Å². The van der Waals surface area contributed by atoms with Crippen LogP contribution in [0.2, 0.25) is 0 Å². The van der Waals surface area contributed by atoms with Gasteiger partial charge in [0.25, 0.3) is 0 Å². The number of benzene rings is 2. The lowest BCUT2D eigenvalue weighted by Gasteiger charge is -2.27. The van der Waals surface area contributed by atoms with Gasteiger partial charge in [0.15, 0.2) is 0 Å². The molecule has 168 valence electrons. The van der Waals surface area contributed by atoms with Crippen LogP contribution >= 0.6 is 0 Å². The van der Waals surface area contributed by atoms with Crippen LogP contribution in [0.15, 0.2) is 48.5 Å². The van der Waals surface area contributed by atoms with Crippen LogP contribution < -0.4 is 5.32 Å². The Balaban J connectivity index is 1.42. The molecule has 2 aromatic carbocycles. The molecule has 2 aromatic rings. The molecular weight excluding hydrogens is 408 g/mol. The summed E-state index contributed by atoms with van der Waals surface area (Å²) in [6, 6.07) is 14.5. The van der Waals surface area contributed by atoms with Crippen molar-refractivity contribution in [1.82, 2.24) is 10.2 Å². The molecule has 0 spiro atoms. The second-order valence-electron chi connectivity index (χ2n) is 8.34. The maximum absolute atomic E-state index is 13.0. The van der Waals surface area contributed by atoms with Crippen molar-refractivity contribution in [2.24, 2.45) is 0 Å². The Hall–Kier alpha value is -3.35. The number of carboxylic acids is 1. The Morgan fingerprint density at radius 3 is 2.31 bits per heavy atom. The molecule has 0 saturated carbocycles. The molecule has 1 saturated heterocycles.